The predicted octanol–water partition coefficient (Wildman–Crippen LogP) is -2.11. The molecule has 0 aliphatic heterocycles. The molecular formula is H5AlCaCoNi. The summed E-state index contributed by atoms with van der Waals surface area (Å²) >= 11 is 0. The zero-order valence-electron chi connectivity index (χ0n) is 0.650. The van der Waals surface area contributed by atoms with Crippen molar-refractivity contribution in [2.24, 2.45) is 0 Å². The van der Waals surface area contributed by atoms with Crippen LogP contribution in [0.1, 0.15) is 0 Å². The molecule has 0 aromatic heterocycles. The van der Waals surface area contributed by atoms with Crippen LogP contribution in [0.5, 0.6) is 0 Å². The van der Waals surface area contributed by atoms with Crippen LogP contribution in [0.25, 0.3) is 0 Å². The van der Waals surface area contributed by atoms with E-state index >= 15 is 0 Å². The molecule has 0 bridgehead atoms. The van der Waals surface area contributed by atoms with E-state index < -0.39 is 0 Å². The first-order chi connectivity index (χ1) is 0. The number of hydrogen-bond acceptors (Lipinski definition) is 0. The summed E-state index contributed by atoms with van der Waals surface area (Å²) in [5, 5.41) is 0. The van der Waals surface area contributed by atoms with E-state index in [9.17, 15) is 0 Å². The van der Waals surface area contributed by atoms with Crippen LogP contribution in [0.2, 0.25) is 0 Å². The van der Waals surface area contributed by atoms with E-state index in [2.05, 4.69) is 0 Å². The zero-order valence-corrected chi connectivity index (χ0v) is 2.68. The van der Waals surface area contributed by atoms with Gasteiger partial charge in [-0.3, -0.25) is 0 Å². The number of rotatable bonds is 0. The summed E-state index contributed by atoms with van der Waals surface area (Å²) < 4.78 is 0. The fraction of sp³-hybridized carbons (Fsp3) is 0. The van der Waals surface area contributed by atoms with E-state index in [-0.39, 0.29) is 88.4 Å². The Labute approximate surface area is 86.7 Å². The molecule has 0 aliphatic carbocycles. The maximum Gasteiger partial charge on any atom is 0 e. The van der Waals surface area contributed by atoms with Gasteiger partial charge in [0.2, 0.25) is 0 Å². The molecule has 0 saturated heterocycles. The van der Waals surface area contributed by atoms with Crippen molar-refractivity contribution >= 4 is 55.1 Å². The fourth-order valence-corrected chi connectivity index (χ4v) is 0. The molecule has 0 fully saturated rings. The van der Waals surface area contributed by atoms with E-state index in [1.165, 1.54) is 0 Å². The van der Waals surface area contributed by atoms with Gasteiger partial charge in [-0.05, 0) is 0 Å². The molecule has 0 unspecified atom stereocenters. The van der Waals surface area contributed by atoms with Gasteiger partial charge in [-0.15, -0.1) is 0 Å². The zero-order chi connectivity index (χ0) is 0. The Morgan fingerprint density at radius 3 is 1.00 bits per heavy atom. The van der Waals surface area contributed by atoms with Crippen LogP contribution in [0, 0.1) is 0 Å². The van der Waals surface area contributed by atoms with Crippen LogP contribution in [0.3, 0.4) is 0 Å². The summed E-state index contributed by atoms with van der Waals surface area (Å²) in [7, 11) is 0. The van der Waals surface area contributed by atoms with Crippen molar-refractivity contribution < 1.29 is 33.3 Å². The van der Waals surface area contributed by atoms with E-state index in [0.29, 0.717) is 0 Å². The minimum absolute atomic E-state index is 0. The van der Waals surface area contributed by atoms with Crippen LogP contribution in [0.4, 0.5) is 0 Å². The van der Waals surface area contributed by atoms with E-state index in [0.717, 1.165) is 0 Å². The first-order valence-electron chi connectivity index (χ1n) is 0. The van der Waals surface area contributed by atoms with Gasteiger partial charge in [-0.2, -0.15) is 0 Å². The summed E-state index contributed by atoms with van der Waals surface area (Å²) in [4.78, 5) is 0. The Bertz CT molecular complexity index is 8.00. The van der Waals surface area contributed by atoms with Gasteiger partial charge >= 0.3 is 37.7 Å². The topological polar surface area (TPSA) is 0 Å². The van der Waals surface area contributed by atoms with Gasteiger partial charge in [0.05, 0.1) is 0 Å². The first-order valence-corrected chi connectivity index (χ1v) is 0. The van der Waals surface area contributed by atoms with Crippen molar-refractivity contribution in [1.82, 2.24) is 0 Å². The maximum absolute atomic E-state index is 0. The second-order valence-electron chi connectivity index (χ2n) is 0. The van der Waals surface area contributed by atoms with Crippen molar-refractivity contribution in [2.45, 2.75) is 0 Å². The van der Waals surface area contributed by atoms with Crippen LogP contribution < -0.4 is 0 Å². The van der Waals surface area contributed by atoms with Crippen LogP contribution in [-0.2, 0) is 33.3 Å². The molecule has 0 atom stereocenters. The Hall–Kier alpha value is 2.79. The molecular weight excluding hydrogens is 185 g/mol. The molecule has 0 aliphatic rings. The molecule has 0 nitrogen and oxygen atoms in total. The summed E-state index contributed by atoms with van der Waals surface area (Å²) in [5.41, 5.74) is 0. The molecule has 0 aromatic rings. The third kappa shape index (κ3) is 8.84. The second kappa shape index (κ2) is 17.1. The average molecular weight is 190 g/mol. The van der Waals surface area contributed by atoms with Crippen LogP contribution in [0.15, 0.2) is 0 Å². The Morgan fingerprint density at radius 2 is 1.00 bits per heavy atom. The van der Waals surface area contributed by atoms with Crippen LogP contribution in [-0.4, -0.2) is 55.1 Å². The first kappa shape index (κ1) is 29.2. The minimum Gasteiger partial charge on any atom is 0 e. The largest absolute Gasteiger partial charge is 0 e. The molecule has 1 radical (unpaired) electrons. The van der Waals surface area contributed by atoms with E-state index in [4.69, 9.17) is 0 Å². The van der Waals surface area contributed by atoms with Gasteiger partial charge in [0.25, 0.3) is 0 Å². The Balaban J connectivity index is 0. The van der Waals surface area contributed by atoms with Crippen molar-refractivity contribution in [2.75, 3.05) is 0 Å². The molecule has 4 heavy (non-hydrogen) atoms. The minimum atomic E-state index is 0. The summed E-state index contributed by atoms with van der Waals surface area (Å²) in [5.74, 6) is 0. The molecule has 0 amide bonds. The third-order valence-corrected chi connectivity index (χ3v) is 0. The third-order valence-electron chi connectivity index (χ3n) is 0. The fourth-order valence-electron chi connectivity index (χ4n) is 0. The predicted molar refractivity (Wildman–Crippen MR) is 18.5 cm³/mol. The normalized spacial score (nSPS) is 0. The van der Waals surface area contributed by atoms with Gasteiger partial charge in [-0.1, -0.05) is 0 Å². The van der Waals surface area contributed by atoms with E-state index in [1.807, 2.05) is 0 Å². The molecule has 0 rings (SSSR count). The summed E-state index contributed by atoms with van der Waals surface area (Å²) in [6.07, 6.45) is 0. The molecule has 29 valence electrons. The summed E-state index contributed by atoms with van der Waals surface area (Å²) in [6, 6.07) is 0. The Morgan fingerprint density at radius 1 is 1.00 bits per heavy atom. The van der Waals surface area contributed by atoms with Gasteiger partial charge in [0, 0.05) is 33.3 Å². The maximum atomic E-state index is 0. The van der Waals surface area contributed by atoms with Gasteiger partial charge < -0.3 is 0 Å². The van der Waals surface area contributed by atoms with Gasteiger partial charge in [-0.25, -0.2) is 0 Å². The smallest absolute Gasteiger partial charge is 0 e. The quantitative estimate of drug-likeness (QED) is 0.383. The molecule has 0 saturated carbocycles. The SMILES string of the molecule is [AlH3].[CaH2].[Co].[Ni]. The molecule has 0 heterocycles. The monoisotopic (exact) mass is 189 g/mol. The summed E-state index contributed by atoms with van der Waals surface area (Å²) in [6.45, 7) is 0. The average Bonchev–Trinajstić information content (AvgIpc) is 0. The van der Waals surface area contributed by atoms with Crippen molar-refractivity contribution in [3.05, 3.63) is 0 Å². The molecule has 4 heteroatoms. The molecule has 0 N–H and O–H groups in total. The number of hydrogen-bond donors (Lipinski definition) is 0. The molecule has 0 aromatic carbocycles. The van der Waals surface area contributed by atoms with E-state index in [1.54, 1.807) is 0 Å². The van der Waals surface area contributed by atoms with Crippen molar-refractivity contribution in [3.8, 4) is 0 Å². The van der Waals surface area contributed by atoms with Gasteiger partial charge in [0.15, 0.2) is 17.4 Å². The standard InChI is InChI=1S/Al.Ca.Co.Ni.5H. The van der Waals surface area contributed by atoms with Crippen LogP contribution >= 0.6 is 0 Å². The second-order valence-corrected chi connectivity index (χ2v) is 0. The Kier molecular flexibility index (Phi) is 125. The van der Waals surface area contributed by atoms with Crippen molar-refractivity contribution in [1.29, 1.82) is 0 Å². The molecule has 0 spiro atoms. The van der Waals surface area contributed by atoms with Crippen molar-refractivity contribution in [3.63, 3.8) is 0 Å². The van der Waals surface area contributed by atoms with Gasteiger partial charge in [0.1, 0.15) is 0 Å².